The monoisotopic (exact) mass is 250 g/mol. The molecule has 0 radical (unpaired) electrons. The first kappa shape index (κ1) is 13.7. The molecule has 1 N–H and O–H groups in total. The number of hydrogen-bond acceptors (Lipinski definition) is 4. The number of nitro groups is 1. The predicted molar refractivity (Wildman–Crippen MR) is 67.7 cm³/mol. The zero-order valence-electron chi connectivity index (χ0n) is 10.2. The first-order chi connectivity index (χ1) is 8.40. The quantitative estimate of drug-likeness (QED) is 0.494. The Labute approximate surface area is 104 Å². The fourth-order valence-corrected chi connectivity index (χ4v) is 1.24. The maximum Gasteiger partial charge on any atom is 0.273 e. The van der Waals surface area contributed by atoms with E-state index in [4.69, 9.17) is 4.74 Å². The average Bonchev–Trinajstić information content (AvgIpc) is 2.26. The fourth-order valence-electron chi connectivity index (χ4n) is 1.24. The van der Waals surface area contributed by atoms with Crippen LogP contribution in [0.1, 0.15) is 13.8 Å². The molecule has 1 amide bonds. The van der Waals surface area contributed by atoms with Gasteiger partial charge in [-0.3, -0.25) is 14.9 Å². The van der Waals surface area contributed by atoms with Crippen LogP contribution in [-0.4, -0.2) is 17.4 Å². The van der Waals surface area contributed by atoms with Gasteiger partial charge in [-0.1, -0.05) is 6.58 Å². The van der Waals surface area contributed by atoms with E-state index in [0.29, 0.717) is 5.69 Å². The van der Waals surface area contributed by atoms with Crippen molar-refractivity contribution < 1.29 is 14.5 Å². The third kappa shape index (κ3) is 3.89. The van der Waals surface area contributed by atoms with E-state index in [9.17, 15) is 14.9 Å². The van der Waals surface area contributed by atoms with Gasteiger partial charge in [-0.15, -0.1) is 0 Å². The van der Waals surface area contributed by atoms with Crippen molar-refractivity contribution in [3.05, 3.63) is 40.5 Å². The molecule has 6 heteroatoms. The van der Waals surface area contributed by atoms with E-state index in [1.54, 1.807) is 6.92 Å². The number of carbonyl (C=O) groups excluding carboxylic acids is 1. The van der Waals surface area contributed by atoms with Gasteiger partial charge in [0, 0.05) is 13.0 Å². The molecule has 0 heterocycles. The number of hydrogen-bond donors (Lipinski definition) is 1. The van der Waals surface area contributed by atoms with Crippen molar-refractivity contribution >= 4 is 17.3 Å². The summed E-state index contributed by atoms with van der Waals surface area (Å²) < 4.78 is 5.37. The molecule has 0 atom stereocenters. The molecule has 1 aromatic carbocycles. The molecule has 0 aliphatic carbocycles. The van der Waals surface area contributed by atoms with E-state index in [1.165, 1.54) is 25.1 Å². The summed E-state index contributed by atoms with van der Waals surface area (Å²) in [6.07, 6.45) is 0. The Morgan fingerprint density at radius 2 is 2.17 bits per heavy atom. The topological polar surface area (TPSA) is 81.5 Å². The molecule has 0 spiro atoms. The highest BCUT2D eigenvalue weighted by Crippen LogP contribution is 2.29. The summed E-state index contributed by atoms with van der Waals surface area (Å²) in [4.78, 5) is 21.2. The Morgan fingerprint density at radius 1 is 1.50 bits per heavy atom. The average molecular weight is 250 g/mol. The molecule has 96 valence electrons. The minimum Gasteiger partial charge on any atom is -0.487 e. The summed E-state index contributed by atoms with van der Waals surface area (Å²) in [5.41, 5.74) is 1.07. The number of carbonyl (C=O) groups is 1. The van der Waals surface area contributed by atoms with Crippen LogP contribution in [0, 0.1) is 10.1 Å². The molecule has 6 nitrogen and oxygen atoms in total. The third-order valence-corrected chi connectivity index (χ3v) is 1.96. The van der Waals surface area contributed by atoms with E-state index in [0.717, 1.165) is 5.57 Å². The highest BCUT2D eigenvalue weighted by molar-refractivity contribution is 5.90. The molecule has 18 heavy (non-hydrogen) atoms. The maximum absolute atomic E-state index is 11.0. The summed E-state index contributed by atoms with van der Waals surface area (Å²) in [6, 6.07) is 4.01. The molecule has 0 aliphatic rings. The third-order valence-electron chi connectivity index (χ3n) is 1.96. The largest absolute Gasteiger partial charge is 0.487 e. The molecule has 1 rings (SSSR count). The van der Waals surface area contributed by atoms with Crippen LogP contribution < -0.4 is 10.1 Å². The molecule has 0 saturated heterocycles. The second-order valence-electron chi connectivity index (χ2n) is 3.86. The number of nitrogens with zero attached hydrogens (tertiary/aromatic N) is 1. The summed E-state index contributed by atoms with van der Waals surface area (Å²) in [7, 11) is 0. The maximum atomic E-state index is 11.0. The smallest absolute Gasteiger partial charge is 0.273 e. The predicted octanol–water partition coefficient (Wildman–Crippen LogP) is 2.51. The number of ether oxygens (including phenoxy) is 1. The molecule has 0 aromatic heterocycles. The van der Waals surface area contributed by atoms with Gasteiger partial charge in [-0.25, -0.2) is 0 Å². The normalized spacial score (nSPS) is 9.67. The van der Waals surface area contributed by atoms with Crippen molar-refractivity contribution in [2.45, 2.75) is 13.8 Å². The minimum absolute atomic E-state index is 0.0965. The minimum atomic E-state index is -0.523. The van der Waals surface area contributed by atoms with E-state index in [2.05, 4.69) is 11.9 Å². The van der Waals surface area contributed by atoms with Gasteiger partial charge in [0.15, 0.2) is 0 Å². The van der Waals surface area contributed by atoms with Gasteiger partial charge in [0.2, 0.25) is 5.91 Å². The molecule has 1 aromatic rings. The molecule has 0 aliphatic heterocycles. The van der Waals surface area contributed by atoms with Gasteiger partial charge in [-0.05, 0) is 18.6 Å². The van der Waals surface area contributed by atoms with Crippen molar-refractivity contribution in [3.63, 3.8) is 0 Å². The van der Waals surface area contributed by atoms with Crippen molar-refractivity contribution in [3.8, 4) is 5.75 Å². The van der Waals surface area contributed by atoms with E-state index >= 15 is 0 Å². The van der Waals surface area contributed by atoms with Crippen LogP contribution in [0.15, 0.2) is 30.4 Å². The van der Waals surface area contributed by atoms with Crippen LogP contribution in [0.3, 0.4) is 0 Å². The van der Waals surface area contributed by atoms with E-state index < -0.39 is 4.92 Å². The standard InChI is InChI=1S/C12H14N2O4/c1-8(2)7-18-12-6-10(14(16)17)4-5-11(12)13-9(3)15/h4-6H,1,7H2,2-3H3,(H,13,15). The first-order valence-corrected chi connectivity index (χ1v) is 5.23. The van der Waals surface area contributed by atoms with Crippen LogP contribution in [0.2, 0.25) is 0 Å². The summed E-state index contributed by atoms with van der Waals surface area (Å²) in [5.74, 6) is -0.0218. The molecule has 0 unspecified atom stereocenters. The van der Waals surface area contributed by atoms with Crippen molar-refractivity contribution in [2.24, 2.45) is 0 Å². The second kappa shape index (κ2) is 5.81. The number of anilines is 1. The molecule has 0 fully saturated rings. The zero-order chi connectivity index (χ0) is 13.7. The number of amides is 1. The van der Waals surface area contributed by atoms with Crippen molar-refractivity contribution in [1.82, 2.24) is 0 Å². The Hall–Kier alpha value is -2.37. The van der Waals surface area contributed by atoms with Gasteiger partial charge in [0.25, 0.3) is 5.69 Å². The zero-order valence-corrected chi connectivity index (χ0v) is 10.2. The fraction of sp³-hybridized carbons (Fsp3) is 0.250. The number of nitrogens with one attached hydrogen (secondary N) is 1. The summed E-state index contributed by atoms with van der Waals surface area (Å²) in [6.45, 7) is 7.03. The van der Waals surface area contributed by atoms with Gasteiger partial charge < -0.3 is 10.1 Å². The Kier molecular flexibility index (Phi) is 4.42. The first-order valence-electron chi connectivity index (χ1n) is 5.23. The highest BCUT2D eigenvalue weighted by Gasteiger charge is 2.12. The van der Waals surface area contributed by atoms with Crippen LogP contribution in [0.4, 0.5) is 11.4 Å². The van der Waals surface area contributed by atoms with Crippen molar-refractivity contribution in [2.75, 3.05) is 11.9 Å². The second-order valence-corrected chi connectivity index (χ2v) is 3.86. The van der Waals surface area contributed by atoms with Crippen LogP contribution in [0.25, 0.3) is 0 Å². The van der Waals surface area contributed by atoms with Gasteiger partial charge >= 0.3 is 0 Å². The number of non-ortho nitro benzene ring substituents is 1. The van der Waals surface area contributed by atoms with Crippen LogP contribution in [0.5, 0.6) is 5.75 Å². The van der Waals surface area contributed by atoms with Crippen molar-refractivity contribution in [1.29, 1.82) is 0 Å². The number of benzene rings is 1. The molecular formula is C12H14N2O4. The molecule has 0 bridgehead atoms. The van der Waals surface area contributed by atoms with Gasteiger partial charge in [0.1, 0.15) is 12.4 Å². The Bertz CT molecular complexity index is 497. The molecule has 0 saturated carbocycles. The number of nitro benzene ring substituents is 1. The lowest BCUT2D eigenvalue weighted by Crippen LogP contribution is -2.09. The Balaban J connectivity index is 3.04. The summed E-state index contributed by atoms with van der Waals surface area (Å²) >= 11 is 0. The SMILES string of the molecule is C=C(C)COc1cc([N+](=O)[O-])ccc1NC(C)=O. The summed E-state index contributed by atoms with van der Waals surface area (Å²) in [5, 5.41) is 13.2. The van der Waals surface area contributed by atoms with E-state index in [1.807, 2.05) is 0 Å². The van der Waals surface area contributed by atoms with Gasteiger partial charge in [-0.2, -0.15) is 0 Å². The van der Waals surface area contributed by atoms with Crippen LogP contribution >= 0.6 is 0 Å². The number of rotatable bonds is 5. The van der Waals surface area contributed by atoms with Crippen LogP contribution in [-0.2, 0) is 4.79 Å². The molecular weight excluding hydrogens is 236 g/mol. The van der Waals surface area contributed by atoms with E-state index in [-0.39, 0.29) is 24.0 Å². The lowest BCUT2D eigenvalue weighted by Gasteiger charge is -2.11. The lowest BCUT2D eigenvalue weighted by molar-refractivity contribution is -0.384. The van der Waals surface area contributed by atoms with Gasteiger partial charge in [0.05, 0.1) is 16.7 Å². The Morgan fingerprint density at radius 3 is 2.67 bits per heavy atom. The lowest BCUT2D eigenvalue weighted by atomic mass is 10.2. The highest BCUT2D eigenvalue weighted by atomic mass is 16.6.